The summed E-state index contributed by atoms with van der Waals surface area (Å²) in [4.78, 5) is 47.3. The van der Waals surface area contributed by atoms with E-state index in [0.717, 1.165) is 6.92 Å². The number of hydrogen-bond acceptors (Lipinski definition) is 35. The third-order valence-corrected chi connectivity index (χ3v) is 38.8. The molecule has 0 saturated carbocycles. The Morgan fingerprint density at radius 1 is 0.400 bits per heavy atom. The molecule has 4 aromatic heterocycles. The van der Waals surface area contributed by atoms with Gasteiger partial charge in [-0.3, -0.25) is 19.2 Å². The smallest absolute Gasteiger partial charge is 0.273 e. The number of carbonyl (C=O) groups excluding carboxylic acids is 4. The quantitative estimate of drug-likeness (QED) is 0.0288. The Morgan fingerprint density at radius 3 is 0.791 bits per heavy atom. The van der Waals surface area contributed by atoms with E-state index in [1.807, 2.05) is 41.9 Å². The predicted molar refractivity (Wildman–Crippen MR) is 431 cm³/mol. The van der Waals surface area contributed by atoms with Crippen molar-refractivity contribution in [3.63, 3.8) is 0 Å². The van der Waals surface area contributed by atoms with Gasteiger partial charge in [-0.05, 0) is 96.9 Å². The van der Waals surface area contributed by atoms with Crippen molar-refractivity contribution in [3.8, 4) is 0 Å². The number of methoxy groups -OCH3 is 6. The van der Waals surface area contributed by atoms with Crippen LogP contribution in [0.5, 0.6) is 0 Å². The number of aliphatic hydroxyl groups is 1. The fraction of sp³-hybridized carbons (Fsp3) is 0.688. The fourth-order valence-electron chi connectivity index (χ4n) is 11.2. The summed E-state index contributed by atoms with van der Waals surface area (Å²) in [5.41, 5.74) is 1.58. The van der Waals surface area contributed by atoms with Gasteiger partial charge in [0.2, 0.25) is 5.91 Å². The Balaban J connectivity index is 0.000000322. The van der Waals surface area contributed by atoms with Gasteiger partial charge in [-0.25, -0.2) is 86.2 Å². The van der Waals surface area contributed by atoms with Gasteiger partial charge in [0.15, 0.2) is 0 Å². The lowest BCUT2D eigenvalue weighted by molar-refractivity contribution is -0.128. The molecular formula is C64H110N12O27S12. The average molecular weight is 1860 g/mol. The molecule has 9 N–H and O–H groups in total. The predicted octanol–water partition coefficient (Wildman–Crippen LogP) is 1.72. The number of sulfonamides is 8. The van der Waals surface area contributed by atoms with Gasteiger partial charge in [-0.2, -0.15) is 17.2 Å². The molecular weight excluding hydrogens is 1750 g/mol. The second-order valence-corrected chi connectivity index (χ2v) is 46.4. The van der Waals surface area contributed by atoms with Crippen LogP contribution in [0.15, 0.2) is 57.9 Å². The van der Waals surface area contributed by atoms with Gasteiger partial charge in [0.1, 0.15) is 52.0 Å². The monoisotopic (exact) mass is 1860 g/mol. The van der Waals surface area contributed by atoms with Gasteiger partial charge in [-0.15, -0.1) is 45.3 Å². The molecule has 4 aliphatic heterocycles. The van der Waals surface area contributed by atoms with Crippen LogP contribution < -0.4 is 40.2 Å². The highest BCUT2D eigenvalue weighted by Gasteiger charge is 2.45. The molecule has 0 radical (unpaired) electrons. The van der Waals surface area contributed by atoms with Gasteiger partial charge < -0.3 is 54.8 Å². The summed E-state index contributed by atoms with van der Waals surface area (Å²) in [6.45, 7) is 20.4. The zero-order valence-corrected chi connectivity index (χ0v) is 75.6. The zero-order valence-electron chi connectivity index (χ0n) is 65.8. The van der Waals surface area contributed by atoms with Gasteiger partial charge in [0.05, 0.1) is 0 Å². The molecule has 115 heavy (non-hydrogen) atoms. The van der Waals surface area contributed by atoms with Gasteiger partial charge in [0.25, 0.3) is 97.9 Å². The first-order chi connectivity index (χ1) is 53.2. The van der Waals surface area contributed by atoms with Crippen molar-refractivity contribution in [2.24, 2.45) is 5.92 Å². The molecule has 0 aromatic carbocycles. The summed E-state index contributed by atoms with van der Waals surface area (Å²) in [5.74, 6) is -3.89. The molecule has 0 spiro atoms. The Labute approximate surface area is 692 Å². The maximum absolute atomic E-state index is 13.0. The summed E-state index contributed by atoms with van der Waals surface area (Å²) >= 11 is 2.54. The van der Waals surface area contributed by atoms with E-state index in [4.69, 9.17) is 28.4 Å². The van der Waals surface area contributed by atoms with E-state index < -0.39 is 128 Å². The minimum Gasteiger partial charge on any atom is -0.385 e. The van der Waals surface area contributed by atoms with E-state index in [2.05, 4.69) is 21.3 Å². The van der Waals surface area contributed by atoms with Crippen LogP contribution in [0.4, 0.5) is 0 Å². The number of aliphatic hydroxyl groups excluding tert-OH is 1. The second-order valence-electron chi connectivity index (χ2n) is 26.0. The normalized spacial score (nSPS) is 19.9. The van der Waals surface area contributed by atoms with Crippen molar-refractivity contribution >= 4 is 149 Å². The third kappa shape index (κ3) is 26.4. The first-order valence-electron chi connectivity index (χ1n) is 35.7. The largest absolute Gasteiger partial charge is 0.385 e. The van der Waals surface area contributed by atoms with Crippen LogP contribution in [0.25, 0.3) is 0 Å². The summed E-state index contributed by atoms with van der Waals surface area (Å²) < 4.78 is 246. The van der Waals surface area contributed by atoms with Crippen molar-refractivity contribution in [1.82, 2.24) is 57.4 Å². The first kappa shape index (κ1) is 103. The topological polar surface area (TPSA) is 526 Å². The van der Waals surface area contributed by atoms with Crippen LogP contribution in [-0.2, 0) is 128 Å². The minimum absolute atomic E-state index is 0. The average Bonchev–Trinajstić information content (AvgIpc) is 1.67. The van der Waals surface area contributed by atoms with E-state index in [0.29, 0.717) is 146 Å². The van der Waals surface area contributed by atoms with Crippen LogP contribution in [0.2, 0.25) is 0 Å². The van der Waals surface area contributed by atoms with E-state index >= 15 is 0 Å². The summed E-state index contributed by atoms with van der Waals surface area (Å²) in [6.07, 6.45) is -1.37. The molecule has 4 amide bonds. The Hall–Kier alpha value is -4.32. The molecule has 0 bridgehead atoms. The lowest BCUT2D eigenvalue weighted by Gasteiger charge is -2.32. The standard InChI is InChI=1S/2C16H27N3O7S3.C16H27N3O6S3.C15H25N3O7S3.CH4/c2*1-5-17-13-10-19(7-6-8-25-3)29(23,24)16-12(13)9-14(27-16)28(21,22)18-15(20)11(2)26-4;1-5-17-13-10-19(7-6-8-25-4)28(23,24)16-12(13)9-14(26-16)27(21,22)18-15(20)11(2)3;1-4-16-12-9-18(6-5-7-25-3)28(23,24)15-11(12)8-13(26-15)27(21,22)17-14(20)10(2)19;/h2*9,11,13,17H,5-8,10H2,1-4H3,(H,18,20);9,11,13,17H,5-8,10H2,1-4H3,(H,18,20);8,10,12,16,19H,4-7,9H2,1-3H3,(H,17,20);1H4/t2*11-,13-;13-;10-,12-;/m0000./s1. The number of likely N-dealkylation sites (N-methyl/N-ethyl adjacent to an activating group) is 4. The molecule has 39 nitrogen and oxygen atoms in total. The van der Waals surface area contributed by atoms with E-state index in [1.54, 1.807) is 39.9 Å². The maximum Gasteiger partial charge on any atom is 0.273 e. The number of nitrogens with one attached hydrogen (secondary N) is 8. The molecule has 51 heteroatoms. The highest BCUT2D eigenvalue weighted by Crippen LogP contribution is 2.45. The van der Waals surface area contributed by atoms with E-state index in [1.165, 1.54) is 76.7 Å². The Morgan fingerprint density at radius 2 is 0.609 bits per heavy atom. The van der Waals surface area contributed by atoms with Crippen molar-refractivity contribution in [2.45, 2.75) is 172 Å². The van der Waals surface area contributed by atoms with Crippen molar-refractivity contribution in [1.29, 1.82) is 0 Å². The highest BCUT2D eigenvalue weighted by molar-refractivity contribution is 7.96. The number of thiophene rings is 4. The van der Waals surface area contributed by atoms with Gasteiger partial charge >= 0.3 is 0 Å². The molecule has 8 heterocycles. The number of rotatable bonds is 38. The van der Waals surface area contributed by atoms with E-state index in [-0.39, 0.29) is 118 Å². The molecule has 4 aliphatic rings. The number of carbonyl (C=O) groups is 4. The molecule has 660 valence electrons. The van der Waals surface area contributed by atoms with Crippen LogP contribution in [0.3, 0.4) is 0 Å². The number of ether oxygens (including phenoxy) is 6. The van der Waals surface area contributed by atoms with Gasteiger partial charge in [0, 0.05) is 174 Å². The van der Waals surface area contributed by atoms with E-state index in [9.17, 15) is 91.6 Å². The Kier molecular flexibility index (Phi) is 40.3. The van der Waals surface area contributed by atoms with Crippen LogP contribution >= 0.6 is 45.3 Å². The molecule has 4 aromatic rings. The minimum atomic E-state index is -4.30. The second kappa shape index (κ2) is 45.0. The molecule has 0 aliphatic carbocycles. The lowest BCUT2D eigenvalue weighted by Crippen LogP contribution is -2.43. The molecule has 8 rings (SSSR count). The summed E-state index contributed by atoms with van der Waals surface area (Å²) in [7, 11) is -23.5. The van der Waals surface area contributed by atoms with Gasteiger partial charge in [-0.1, -0.05) is 49.0 Å². The number of hydrogen-bond donors (Lipinski definition) is 9. The van der Waals surface area contributed by atoms with Crippen molar-refractivity contribution in [2.75, 3.05) is 148 Å². The lowest BCUT2D eigenvalue weighted by atomic mass is 10.1. The first-order valence-corrected chi connectivity index (χ1v) is 50.7. The van der Waals surface area contributed by atoms with Crippen LogP contribution in [0.1, 0.15) is 142 Å². The molecule has 7 atom stereocenters. The van der Waals surface area contributed by atoms with Crippen LogP contribution in [-0.4, -0.2) is 279 Å². The highest BCUT2D eigenvalue weighted by atomic mass is 32.3. The number of amides is 4. The maximum atomic E-state index is 13.0. The summed E-state index contributed by atoms with van der Waals surface area (Å²) in [6, 6.07) is 3.87. The zero-order chi connectivity index (χ0) is 85.9. The number of nitrogens with zero attached hydrogens (tertiary/aromatic N) is 4. The number of fused-ring (bicyclic) bond motifs is 4. The molecule has 0 fully saturated rings. The molecule has 0 saturated heterocycles. The van der Waals surface area contributed by atoms with Crippen LogP contribution in [0, 0.1) is 5.92 Å². The third-order valence-electron chi connectivity index (χ3n) is 17.3. The fourth-order valence-corrected chi connectivity index (χ4v) is 31.0. The molecule has 0 unspecified atom stereocenters. The SMILES string of the molecule is C.CCN[C@H]1CN(CCCOC)S(=O)(=O)c2sc(S(=O)(=O)NC(=O)C(C)C)cc21.CCN[C@H]1CN(CCCOC)S(=O)(=O)c2sc(S(=O)(=O)NC(=O)[C@H](C)O)cc21.CCN[C@H]1CN(CCCOC)S(=O)(=O)c2sc(S(=O)(=O)NC(=O)[C@H](C)OC)cc21.CCN[C@H]1CN(CCCOC)S(=O)(=O)c2sc(S(=O)(=O)NC(=O)[C@H](C)OC)cc21. The summed E-state index contributed by atoms with van der Waals surface area (Å²) in [5, 5.41) is 22.0. The van der Waals surface area contributed by atoms with Crippen molar-refractivity contribution in [3.05, 3.63) is 46.5 Å². The van der Waals surface area contributed by atoms with Crippen molar-refractivity contribution < 1.29 is 120 Å². The Bertz CT molecular complexity index is 4580.